The third kappa shape index (κ3) is 2.62. The van der Waals surface area contributed by atoms with Crippen LogP contribution in [-0.4, -0.2) is 15.3 Å². The topological polar surface area (TPSA) is 54.9 Å². The monoisotopic (exact) mass is 323 g/mol. The molecule has 112 valence electrons. The van der Waals surface area contributed by atoms with Gasteiger partial charge < -0.3 is 4.74 Å². The van der Waals surface area contributed by atoms with Gasteiger partial charge in [0.15, 0.2) is 0 Å². The quantitative estimate of drug-likeness (QED) is 0.585. The van der Waals surface area contributed by atoms with E-state index in [9.17, 15) is 0 Å². The largest absolute Gasteiger partial charge is 0.436 e. The Balaban J connectivity index is 1.75. The summed E-state index contributed by atoms with van der Waals surface area (Å²) in [7, 11) is 0. The molecule has 0 aliphatic rings. The van der Waals surface area contributed by atoms with E-state index >= 15 is 0 Å². The number of fused-ring (bicyclic) bond motifs is 1. The summed E-state index contributed by atoms with van der Waals surface area (Å²) >= 11 is 6.00. The zero-order chi connectivity index (χ0) is 15.6. The minimum absolute atomic E-state index is 0.321. The van der Waals surface area contributed by atoms with Gasteiger partial charge in [0.1, 0.15) is 5.75 Å². The summed E-state index contributed by atoms with van der Waals surface area (Å²) in [4.78, 5) is 0. The molecule has 0 saturated heterocycles. The van der Waals surface area contributed by atoms with Crippen molar-refractivity contribution in [3.63, 3.8) is 0 Å². The first-order chi connectivity index (χ1) is 11.3. The van der Waals surface area contributed by atoms with Gasteiger partial charge in [0.25, 0.3) is 5.88 Å². The fraction of sp³-hybridized carbons (Fsp3) is 0. The highest BCUT2D eigenvalue weighted by Crippen LogP contribution is 2.32. The van der Waals surface area contributed by atoms with E-state index in [1.165, 1.54) is 4.52 Å². The second-order valence-corrected chi connectivity index (χ2v) is 5.28. The molecular weight excluding hydrogens is 312 g/mol. The van der Waals surface area contributed by atoms with Gasteiger partial charge in [-0.1, -0.05) is 58.1 Å². The molecule has 0 radical (unpaired) electrons. The maximum Gasteiger partial charge on any atom is 0.354 e. The maximum absolute atomic E-state index is 6.00. The van der Waals surface area contributed by atoms with Crippen LogP contribution in [0.1, 0.15) is 0 Å². The molecule has 0 amide bonds. The van der Waals surface area contributed by atoms with Crippen molar-refractivity contribution in [1.82, 2.24) is 15.3 Å². The number of ether oxygens (including phenoxy) is 1. The molecule has 2 aromatic heterocycles. The lowest BCUT2D eigenvalue weighted by Gasteiger charge is -2.09. The predicted molar refractivity (Wildman–Crippen MR) is 86.5 cm³/mol. The van der Waals surface area contributed by atoms with Crippen LogP contribution in [0.3, 0.4) is 0 Å². The van der Waals surface area contributed by atoms with E-state index in [0.29, 0.717) is 16.8 Å². The summed E-state index contributed by atoms with van der Waals surface area (Å²) in [6, 6.07) is 21.4. The van der Waals surface area contributed by atoms with E-state index in [1.54, 1.807) is 12.1 Å². The van der Waals surface area contributed by atoms with Crippen LogP contribution in [-0.2, 0) is 0 Å². The van der Waals surface area contributed by atoms with E-state index in [2.05, 4.69) is 15.3 Å². The molecule has 4 aromatic rings. The van der Waals surface area contributed by atoms with Crippen molar-refractivity contribution in [1.29, 1.82) is 0 Å². The smallest absolute Gasteiger partial charge is 0.354 e. The molecule has 0 unspecified atom stereocenters. The van der Waals surface area contributed by atoms with Crippen molar-refractivity contribution in [2.24, 2.45) is 0 Å². The van der Waals surface area contributed by atoms with E-state index in [4.69, 9.17) is 16.3 Å². The number of hydrogen-bond acceptors (Lipinski definition) is 3. The molecule has 6 heteroatoms. The fourth-order valence-corrected chi connectivity index (χ4v) is 2.52. The Kier molecular flexibility index (Phi) is 3.40. The first-order valence-electron chi connectivity index (χ1n) is 7.06. The first kappa shape index (κ1) is 13.7. The second kappa shape index (κ2) is 5.70. The average Bonchev–Trinajstić information content (AvgIpc) is 2.97. The normalized spacial score (nSPS) is 10.8. The number of hydrogen-bond donors (Lipinski definition) is 1. The molecule has 0 aliphatic heterocycles. The van der Waals surface area contributed by atoms with Crippen LogP contribution < -0.4 is 9.25 Å². The summed E-state index contributed by atoms with van der Waals surface area (Å²) in [5.74, 6) is 1.17. The van der Waals surface area contributed by atoms with Crippen molar-refractivity contribution in [2.45, 2.75) is 0 Å². The van der Waals surface area contributed by atoms with Crippen molar-refractivity contribution in [2.75, 3.05) is 0 Å². The van der Waals surface area contributed by atoms with Crippen LogP contribution in [0.2, 0.25) is 5.28 Å². The molecule has 1 N–H and O–H groups in total. The van der Waals surface area contributed by atoms with Crippen LogP contribution >= 0.6 is 11.6 Å². The second-order valence-electron chi connectivity index (χ2n) is 4.92. The molecule has 2 heterocycles. The summed E-state index contributed by atoms with van der Waals surface area (Å²) < 4.78 is 7.45. The molecule has 0 bridgehead atoms. The number of benzene rings is 2. The summed E-state index contributed by atoms with van der Waals surface area (Å²) in [5, 5.41) is 11.3. The fourth-order valence-electron chi connectivity index (χ4n) is 2.36. The molecule has 23 heavy (non-hydrogen) atoms. The Morgan fingerprint density at radius 1 is 0.913 bits per heavy atom. The van der Waals surface area contributed by atoms with Crippen LogP contribution in [0.15, 0.2) is 66.7 Å². The van der Waals surface area contributed by atoms with Gasteiger partial charge in [-0.3, -0.25) is 0 Å². The number of aromatic amines is 1. The van der Waals surface area contributed by atoms with Gasteiger partial charge in [0.05, 0.1) is 0 Å². The average molecular weight is 324 g/mol. The molecule has 0 atom stereocenters. The van der Waals surface area contributed by atoms with E-state index in [1.807, 2.05) is 54.6 Å². The highest BCUT2D eigenvalue weighted by atomic mass is 35.5. The predicted octanol–water partition coefficient (Wildman–Crippen LogP) is 3.66. The maximum atomic E-state index is 6.00. The Hall–Kier alpha value is -2.92. The van der Waals surface area contributed by atoms with Crippen LogP contribution in [0.25, 0.3) is 16.8 Å². The van der Waals surface area contributed by atoms with E-state index in [-0.39, 0.29) is 0 Å². The number of halogens is 1. The SMILES string of the molecule is Clc1[nH]nc2ccc(Oc3ccccc3-c3ccccc3)n[n+]12. The molecule has 0 fully saturated rings. The zero-order valence-corrected chi connectivity index (χ0v) is 12.7. The highest BCUT2D eigenvalue weighted by Gasteiger charge is 2.14. The van der Waals surface area contributed by atoms with Crippen LogP contribution in [0.4, 0.5) is 0 Å². The number of para-hydroxylation sites is 1. The third-order valence-electron chi connectivity index (χ3n) is 3.43. The van der Waals surface area contributed by atoms with Crippen molar-refractivity contribution < 1.29 is 9.25 Å². The summed E-state index contributed by atoms with van der Waals surface area (Å²) in [6.45, 7) is 0. The van der Waals surface area contributed by atoms with Gasteiger partial charge in [-0.05, 0) is 23.2 Å². The van der Waals surface area contributed by atoms with Gasteiger partial charge in [0.2, 0.25) is 0 Å². The number of nitrogens with zero attached hydrogens (tertiary/aromatic N) is 3. The number of nitrogens with one attached hydrogen (secondary N) is 1. The lowest BCUT2D eigenvalue weighted by molar-refractivity contribution is -0.579. The van der Waals surface area contributed by atoms with Gasteiger partial charge in [-0.25, -0.2) is 0 Å². The Morgan fingerprint density at radius 2 is 1.70 bits per heavy atom. The molecule has 4 rings (SSSR count). The van der Waals surface area contributed by atoms with E-state index in [0.717, 1.165) is 16.9 Å². The molecule has 5 nitrogen and oxygen atoms in total. The van der Waals surface area contributed by atoms with Crippen molar-refractivity contribution in [3.05, 3.63) is 72.0 Å². The molecule has 0 aliphatic carbocycles. The van der Waals surface area contributed by atoms with Gasteiger partial charge in [-0.15, -0.1) is 5.10 Å². The zero-order valence-electron chi connectivity index (χ0n) is 12.0. The Morgan fingerprint density at radius 3 is 2.57 bits per heavy atom. The Labute approximate surface area is 137 Å². The number of H-pyrrole nitrogens is 1. The highest BCUT2D eigenvalue weighted by molar-refractivity contribution is 6.27. The Bertz CT molecular complexity index is 969. The summed E-state index contributed by atoms with van der Waals surface area (Å²) in [6.07, 6.45) is 0. The lowest BCUT2D eigenvalue weighted by atomic mass is 10.1. The number of aromatic nitrogens is 4. The lowest BCUT2D eigenvalue weighted by Crippen LogP contribution is -2.25. The van der Waals surface area contributed by atoms with Crippen LogP contribution in [0.5, 0.6) is 11.6 Å². The molecule has 0 saturated carbocycles. The molecule has 2 aromatic carbocycles. The van der Waals surface area contributed by atoms with Gasteiger partial charge >= 0.3 is 10.9 Å². The summed E-state index contributed by atoms with van der Waals surface area (Å²) in [5.41, 5.74) is 2.70. The van der Waals surface area contributed by atoms with E-state index < -0.39 is 0 Å². The van der Waals surface area contributed by atoms with Gasteiger partial charge in [-0.2, -0.15) is 0 Å². The number of rotatable bonds is 3. The minimum atomic E-state index is 0.321. The molecular formula is C17H12ClN4O+. The first-order valence-corrected chi connectivity index (χ1v) is 7.44. The van der Waals surface area contributed by atoms with Crippen LogP contribution in [0, 0.1) is 0 Å². The molecule has 0 spiro atoms. The standard InChI is InChI=1S/C17H11ClN4O/c18-17-20-19-15-10-11-16(21-22(15)17)23-14-9-5-4-8-13(14)12-6-2-1-3-7-12/h1-11H/p+1. The third-order valence-corrected chi connectivity index (χ3v) is 3.67. The van der Waals surface area contributed by atoms with Crippen molar-refractivity contribution in [3.8, 4) is 22.8 Å². The minimum Gasteiger partial charge on any atom is -0.436 e. The van der Waals surface area contributed by atoms with Gasteiger partial charge in [0, 0.05) is 22.8 Å². The van der Waals surface area contributed by atoms with Crippen molar-refractivity contribution >= 4 is 17.2 Å².